The van der Waals surface area contributed by atoms with Gasteiger partial charge < -0.3 is 10.1 Å². The van der Waals surface area contributed by atoms with Gasteiger partial charge in [-0.05, 0) is 151 Å². The lowest BCUT2D eigenvalue weighted by Gasteiger charge is -2.30. The van der Waals surface area contributed by atoms with Crippen molar-refractivity contribution >= 4 is 122 Å². The number of aryl methyl sites for hydroxylation is 2. The summed E-state index contributed by atoms with van der Waals surface area (Å²) in [5.74, 6) is 3.16. The first kappa shape index (κ1) is 46.4. The number of aromatic nitrogens is 8. The Bertz CT molecular complexity index is 2290. The average Bonchev–Trinajstić information content (AvgIpc) is 3.97. The van der Waals surface area contributed by atoms with E-state index in [4.69, 9.17) is 14.1 Å². The maximum Gasteiger partial charge on any atom is 0.181 e. The number of hydrogen-bond donors (Lipinski definition) is 1. The van der Waals surface area contributed by atoms with Crippen LogP contribution in [0, 0.1) is 33.1 Å². The third-order valence-corrected chi connectivity index (χ3v) is 15.4. The summed E-state index contributed by atoms with van der Waals surface area (Å²) in [4.78, 5) is 25.8. The standard InChI is InChI=1S/C23H35IN6OSSi.C17H21IN6S.ClH/c1-17-7-6-8-28(13-17)15-19-11-21(32-27-19)30(16-31-9-10-33(3,4)5)23-22-25-12-20(24)29(22)14-18(2)26-23;1-11-4-3-5-23(8-11)10-13-6-15(25-22-13)21-16-17-19-7-14(18)24(17)9-12(2)20-16;/h11-12,14,17H,6-10,13,15-16H2,1-5H3;6-7,9,11H,3-5,8,10H2,1-2H3,(H,20,21);1H. The summed E-state index contributed by atoms with van der Waals surface area (Å²) < 4.78 is 21.9. The van der Waals surface area contributed by atoms with Gasteiger partial charge in [-0.1, -0.05) is 33.5 Å². The summed E-state index contributed by atoms with van der Waals surface area (Å²) in [6.45, 7) is 23.5. The Morgan fingerprint density at radius 3 is 2.03 bits per heavy atom. The molecule has 19 heteroatoms. The summed E-state index contributed by atoms with van der Waals surface area (Å²) >= 11 is 7.61. The zero-order valence-electron chi connectivity index (χ0n) is 35.1. The van der Waals surface area contributed by atoms with Crippen LogP contribution < -0.4 is 10.2 Å². The molecule has 2 aliphatic heterocycles. The van der Waals surface area contributed by atoms with Crippen LogP contribution in [0.2, 0.25) is 25.7 Å². The molecule has 2 aliphatic rings. The Kier molecular flexibility index (Phi) is 16.4. The molecule has 0 aromatic carbocycles. The third-order valence-electron chi connectivity index (χ3n) is 10.5. The molecule has 1 N–H and O–H groups in total. The molecule has 8 heterocycles. The molecule has 2 unspecified atom stereocenters. The molecule has 320 valence electrons. The topological polar surface area (TPSA) is 117 Å². The zero-order valence-corrected chi connectivity index (χ0v) is 42.9. The fraction of sp³-hybridized carbons (Fsp3) is 0.550. The van der Waals surface area contributed by atoms with Gasteiger partial charge in [-0.2, -0.15) is 8.75 Å². The molecular formula is C40H57ClI2N12OS2Si. The molecule has 0 radical (unpaired) electrons. The number of halogens is 3. The highest BCUT2D eigenvalue weighted by Gasteiger charge is 2.23. The van der Waals surface area contributed by atoms with Gasteiger partial charge in [0.05, 0.1) is 35.2 Å². The SMILES string of the molecule is Cc1cn2c(I)cnc2c(N(COCC[Si](C)(C)C)c2cc(CN3CCCC(C)C3)ns2)n1.Cc1cn2c(I)cnc2c(Nc2cc(CN3CCCC(C)C3)ns2)n1.Cl. The molecule has 0 saturated carbocycles. The molecule has 0 aliphatic carbocycles. The summed E-state index contributed by atoms with van der Waals surface area (Å²) in [5, 5.41) is 5.48. The molecule has 0 spiro atoms. The smallest absolute Gasteiger partial charge is 0.181 e. The number of nitrogens with one attached hydrogen (secondary N) is 1. The quantitative estimate of drug-likeness (QED) is 0.0516. The summed E-state index contributed by atoms with van der Waals surface area (Å²) in [5.41, 5.74) is 5.85. The summed E-state index contributed by atoms with van der Waals surface area (Å²) in [6, 6.07) is 5.48. The van der Waals surface area contributed by atoms with Crippen molar-refractivity contribution < 1.29 is 4.74 Å². The minimum Gasteiger partial charge on any atom is -0.361 e. The summed E-state index contributed by atoms with van der Waals surface area (Å²) in [7, 11) is -1.16. The van der Waals surface area contributed by atoms with E-state index in [0.717, 1.165) is 114 Å². The highest BCUT2D eigenvalue weighted by molar-refractivity contribution is 14.1. The lowest BCUT2D eigenvalue weighted by Crippen LogP contribution is -2.33. The molecule has 6 aromatic heterocycles. The van der Waals surface area contributed by atoms with Gasteiger partial charge in [-0.3, -0.25) is 23.5 Å². The van der Waals surface area contributed by atoms with E-state index in [9.17, 15) is 0 Å². The van der Waals surface area contributed by atoms with Gasteiger partial charge >= 0.3 is 0 Å². The van der Waals surface area contributed by atoms with Crippen molar-refractivity contribution in [3.8, 4) is 0 Å². The van der Waals surface area contributed by atoms with Crippen LogP contribution in [0.15, 0.2) is 36.9 Å². The Morgan fingerprint density at radius 2 is 1.41 bits per heavy atom. The number of fused-ring (bicyclic) bond motifs is 2. The van der Waals surface area contributed by atoms with Crippen LogP contribution in [0.3, 0.4) is 0 Å². The van der Waals surface area contributed by atoms with Crippen molar-refractivity contribution in [2.75, 3.05) is 49.7 Å². The fourth-order valence-corrected chi connectivity index (χ4v) is 10.7. The first-order chi connectivity index (χ1) is 27.8. The molecule has 2 atom stereocenters. The van der Waals surface area contributed by atoms with Gasteiger partial charge in [-0.15, -0.1) is 12.4 Å². The van der Waals surface area contributed by atoms with E-state index in [1.807, 2.05) is 38.6 Å². The van der Waals surface area contributed by atoms with Gasteiger partial charge in [0, 0.05) is 53.3 Å². The number of ether oxygens (including phenoxy) is 1. The fourth-order valence-electron chi connectivity index (χ4n) is 7.55. The van der Waals surface area contributed by atoms with E-state index < -0.39 is 8.07 Å². The highest BCUT2D eigenvalue weighted by Crippen LogP contribution is 2.33. The van der Waals surface area contributed by atoms with Gasteiger partial charge in [0.2, 0.25) is 0 Å². The molecule has 6 aromatic rings. The number of anilines is 4. The van der Waals surface area contributed by atoms with Gasteiger partial charge in [-0.25, -0.2) is 19.9 Å². The maximum absolute atomic E-state index is 6.20. The highest BCUT2D eigenvalue weighted by atomic mass is 127. The molecule has 13 nitrogen and oxygen atoms in total. The normalized spacial score (nSPS) is 17.8. The second-order valence-corrected chi connectivity index (χ2v) is 26.6. The molecule has 0 bridgehead atoms. The van der Waals surface area contributed by atoms with E-state index in [0.29, 0.717) is 6.73 Å². The van der Waals surface area contributed by atoms with Crippen LogP contribution in [0.5, 0.6) is 0 Å². The van der Waals surface area contributed by atoms with Gasteiger partial charge in [0.25, 0.3) is 0 Å². The zero-order chi connectivity index (χ0) is 41.0. The second kappa shape index (κ2) is 20.9. The van der Waals surface area contributed by atoms with E-state index >= 15 is 0 Å². The number of likely N-dealkylation sites (tertiary alicyclic amines) is 2. The van der Waals surface area contributed by atoms with Crippen LogP contribution in [-0.2, 0) is 17.8 Å². The third kappa shape index (κ3) is 12.5. The Morgan fingerprint density at radius 1 is 0.831 bits per heavy atom. The van der Waals surface area contributed by atoms with Crippen molar-refractivity contribution in [1.82, 2.24) is 47.3 Å². The molecule has 8 rings (SSSR count). The van der Waals surface area contributed by atoms with Crippen LogP contribution in [0.25, 0.3) is 11.3 Å². The van der Waals surface area contributed by atoms with E-state index in [1.165, 1.54) is 61.8 Å². The van der Waals surface area contributed by atoms with Crippen LogP contribution in [0.1, 0.15) is 62.3 Å². The van der Waals surface area contributed by atoms with Crippen molar-refractivity contribution in [1.29, 1.82) is 0 Å². The molecule has 0 amide bonds. The van der Waals surface area contributed by atoms with E-state index in [2.05, 4.69) is 139 Å². The monoisotopic (exact) mass is 1100 g/mol. The average molecular weight is 1100 g/mol. The minimum atomic E-state index is -1.16. The first-order valence-electron chi connectivity index (χ1n) is 20.3. The minimum absolute atomic E-state index is 0. The second-order valence-electron chi connectivity index (χ2n) is 17.2. The van der Waals surface area contributed by atoms with Crippen molar-refractivity contribution in [3.05, 3.63) is 67.1 Å². The molecular weight excluding hydrogens is 1050 g/mol. The molecule has 2 fully saturated rings. The number of hydrogen-bond acceptors (Lipinski definition) is 13. The number of nitrogens with zero attached hydrogens (tertiary/aromatic N) is 11. The maximum atomic E-state index is 6.20. The lowest BCUT2D eigenvalue weighted by atomic mass is 10.0. The van der Waals surface area contributed by atoms with Crippen LogP contribution in [0.4, 0.5) is 21.6 Å². The predicted octanol–water partition coefficient (Wildman–Crippen LogP) is 10.3. The number of imidazole rings is 2. The van der Waals surface area contributed by atoms with Gasteiger partial charge in [0.1, 0.15) is 24.1 Å². The number of rotatable bonds is 13. The van der Waals surface area contributed by atoms with Crippen molar-refractivity contribution in [2.45, 2.75) is 92.2 Å². The Labute approximate surface area is 391 Å². The molecule has 59 heavy (non-hydrogen) atoms. The first-order valence-corrected chi connectivity index (χ1v) is 27.7. The van der Waals surface area contributed by atoms with Gasteiger partial charge in [0.15, 0.2) is 22.9 Å². The molecule has 2 saturated heterocycles. The van der Waals surface area contributed by atoms with Crippen LogP contribution in [-0.4, -0.2) is 94.9 Å². The van der Waals surface area contributed by atoms with E-state index in [-0.39, 0.29) is 12.4 Å². The summed E-state index contributed by atoms with van der Waals surface area (Å²) in [6.07, 6.45) is 13.0. The lowest BCUT2D eigenvalue weighted by molar-refractivity contribution is 0.153. The predicted molar refractivity (Wildman–Crippen MR) is 264 cm³/mol. The largest absolute Gasteiger partial charge is 0.361 e. The Hall–Kier alpha value is -2.05. The number of piperidine rings is 2. The van der Waals surface area contributed by atoms with E-state index in [1.54, 1.807) is 0 Å². The van der Waals surface area contributed by atoms with Crippen molar-refractivity contribution in [2.24, 2.45) is 11.8 Å². The Balaban J connectivity index is 0.000000202. The van der Waals surface area contributed by atoms with Crippen LogP contribution >= 0.6 is 80.7 Å². The van der Waals surface area contributed by atoms with Crippen molar-refractivity contribution in [3.63, 3.8) is 0 Å².